The van der Waals surface area contributed by atoms with Gasteiger partial charge in [-0.05, 0) is 22.8 Å². The molecule has 0 nitrogen and oxygen atoms in total. The molecule has 3 aliphatic rings. The lowest BCUT2D eigenvalue weighted by atomic mass is 9.61. The molecule has 0 saturated heterocycles. The van der Waals surface area contributed by atoms with Gasteiger partial charge in [0, 0.05) is 10.2 Å². The van der Waals surface area contributed by atoms with Crippen LogP contribution < -0.4 is 0 Å². The summed E-state index contributed by atoms with van der Waals surface area (Å²) in [5.41, 5.74) is 0. The van der Waals surface area contributed by atoms with E-state index in [4.69, 9.17) is 0 Å². The Morgan fingerprint density at radius 1 is 0.450 bits per heavy atom. The second kappa shape index (κ2) is 6.98. The molecule has 3 rings (SSSR count). The smallest absolute Gasteiger partial charge is 0.0117 e. The van der Waals surface area contributed by atoms with Crippen LogP contribution in [0, 0.1) is 17.8 Å². The molecule has 0 radical (unpaired) electrons. The molecule has 0 atom stereocenters. The summed E-state index contributed by atoms with van der Waals surface area (Å²) >= 11 is 0. The van der Waals surface area contributed by atoms with Crippen LogP contribution >= 0.6 is 0 Å². The van der Waals surface area contributed by atoms with Gasteiger partial charge in [-0.25, -0.2) is 0 Å². The van der Waals surface area contributed by atoms with Crippen LogP contribution in [0.1, 0.15) is 96.3 Å². The van der Waals surface area contributed by atoms with Crippen LogP contribution in [0.3, 0.4) is 0 Å². The Bertz CT molecular complexity index is 235. The second-order valence-electron chi connectivity index (χ2n) is 8.37. The zero-order valence-corrected chi connectivity index (χ0v) is 15.8. The number of hydrogen-bond donors (Lipinski definition) is 0. The van der Waals surface area contributed by atoms with Gasteiger partial charge in [0.15, 0.2) is 0 Å². The molecule has 0 aromatic heterocycles. The van der Waals surface area contributed by atoms with E-state index in [-0.39, 0.29) is 0 Å². The van der Waals surface area contributed by atoms with Crippen molar-refractivity contribution in [2.45, 2.75) is 101 Å². The Labute approximate surface area is 129 Å². The molecule has 0 bridgehead atoms. The average molecular weight is 293 g/mol. The van der Waals surface area contributed by atoms with Crippen molar-refractivity contribution in [1.82, 2.24) is 0 Å². The second-order valence-corrected chi connectivity index (χ2v) is 10.1. The Morgan fingerprint density at radius 3 is 0.950 bits per heavy atom. The van der Waals surface area contributed by atoms with Crippen molar-refractivity contribution in [1.29, 1.82) is 0 Å². The summed E-state index contributed by atoms with van der Waals surface area (Å²) in [6, 6.07) is 0. The normalized spacial score (nSPS) is 28.8. The third-order valence-corrected chi connectivity index (χ3v) is 9.90. The van der Waals surface area contributed by atoms with E-state index in [0.717, 1.165) is 22.8 Å². The van der Waals surface area contributed by atoms with Crippen LogP contribution in [0.4, 0.5) is 0 Å². The van der Waals surface area contributed by atoms with Gasteiger partial charge in [0.1, 0.15) is 0 Å². The molecule has 0 aromatic carbocycles. The molecule has 0 aromatic rings. The standard InChI is InChI=1S/C19H36Si/c20-19(16-10-4-1-5-11-16,17-12-6-2-7-13-17)18-14-8-3-9-15-18/h16-18H,1-15H2,20H3. The van der Waals surface area contributed by atoms with Gasteiger partial charge in [-0.1, -0.05) is 96.3 Å². The summed E-state index contributed by atoms with van der Waals surface area (Å²) in [4.78, 5) is 0. The van der Waals surface area contributed by atoms with E-state index in [9.17, 15) is 0 Å². The molecule has 0 spiro atoms. The Kier molecular flexibility index (Phi) is 5.28. The molecule has 116 valence electrons. The fourth-order valence-electron chi connectivity index (χ4n) is 6.17. The summed E-state index contributed by atoms with van der Waals surface area (Å²) in [6.45, 7) is 0. The van der Waals surface area contributed by atoms with Gasteiger partial charge in [-0.3, -0.25) is 0 Å². The molecule has 3 aliphatic carbocycles. The van der Waals surface area contributed by atoms with Crippen molar-refractivity contribution in [3.63, 3.8) is 0 Å². The highest BCUT2D eigenvalue weighted by molar-refractivity contribution is 6.16. The highest BCUT2D eigenvalue weighted by atomic mass is 28.1. The molecular formula is C19H36Si. The Hall–Kier alpha value is 0.217. The van der Waals surface area contributed by atoms with Crippen molar-refractivity contribution in [3.05, 3.63) is 0 Å². The fraction of sp³-hybridized carbons (Fsp3) is 1.00. The molecule has 0 unspecified atom stereocenters. The first-order chi connectivity index (χ1) is 9.82. The summed E-state index contributed by atoms with van der Waals surface area (Å²) in [7, 11) is 1.49. The Balaban J connectivity index is 1.79. The van der Waals surface area contributed by atoms with Gasteiger partial charge in [0.25, 0.3) is 0 Å². The van der Waals surface area contributed by atoms with Crippen molar-refractivity contribution in [3.8, 4) is 0 Å². The molecule has 1 heteroatoms. The third-order valence-electron chi connectivity index (χ3n) is 7.45. The number of hydrogen-bond acceptors (Lipinski definition) is 0. The largest absolute Gasteiger partial charge is 0.0533 e. The minimum atomic E-state index is 0.848. The molecule has 20 heavy (non-hydrogen) atoms. The van der Waals surface area contributed by atoms with Crippen molar-refractivity contribution < 1.29 is 0 Å². The zero-order chi connectivity index (χ0) is 13.8. The molecule has 0 aliphatic heterocycles. The molecular weight excluding hydrogens is 256 g/mol. The van der Waals surface area contributed by atoms with E-state index < -0.39 is 0 Å². The van der Waals surface area contributed by atoms with Gasteiger partial charge < -0.3 is 0 Å². The van der Waals surface area contributed by atoms with Crippen LogP contribution in [-0.4, -0.2) is 10.2 Å². The zero-order valence-electron chi connectivity index (χ0n) is 13.8. The first-order valence-corrected chi connectivity index (χ1v) is 10.8. The lowest BCUT2D eigenvalue weighted by Gasteiger charge is -2.53. The fourth-order valence-corrected chi connectivity index (χ4v) is 7.91. The molecule has 3 saturated carbocycles. The van der Waals surface area contributed by atoms with Crippen LogP contribution in [0.15, 0.2) is 0 Å². The van der Waals surface area contributed by atoms with E-state index in [2.05, 4.69) is 0 Å². The first kappa shape index (κ1) is 15.1. The summed E-state index contributed by atoms with van der Waals surface area (Å²) in [5.74, 6) is 3.40. The van der Waals surface area contributed by atoms with Crippen LogP contribution in [0.25, 0.3) is 0 Å². The van der Waals surface area contributed by atoms with Crippen molar-refractivity contribution in [2.75, 3.05) is 0 Å². The molecule has 0 heterocycles. The van der Waals surface area contributed by atoms with Gasteiger partial charge in [0.2, 0.25) is 0 Å². The molecule has 0 amide bonds. The van der Waals surface area contributed by atoms with Gasteiger partial charge in [-0.2, -0.15) is 0 Å². The van der Waals surface area contributed by atoms with E-state index >= 15 is 0 Å². The van der Waals surface area contributed by atoms with E-state index in [0.29, 0.717) is 0 Å². The van der Waals surface area contributed by atoms with Gasteiger partial charge in [0.05, 0.1) is 0 Å². The topological polar surface area (TPSA) is 0 Å². The Morgan fingerprint density at radius 2 is 0.700 bits per heavy atom. The van der Waals surface area contributed by atoms with Crippen LogP contribution in [-0.2, 0) is 0 Å². The van der Waals surface area contributed by atoms with Crippen LogP contribution in [0.5, 0.6) is 0 Å². The van der Waals surface area contributed by atoms with Gasteiger partial charge in [-0.15, -0.1) is 0 Å². The van der Waals surface area contributed by atoms with E-state index in [1.165, 1.54) is 29.5 Å². The lowest BCUT2D eigenvalue weighted by molar-refractivity contribution is 0.0851. The van der Waals surface area contributed by atoms with Crippen LogP contribution in [0.2, 0.25) is 5.04 Å². The van der Waals surface area contributed by atoms with E-state index in [1.807, 2.05) is 0 Å². The highest BCUT2D eigenvalue weighted by Crippen LogP contribution is 2.59. The predicted octanol–water partition coefficient (Wildman–Crippen LogP) is 5.25. The monoisotopic (exact) mass is 292 g/mol. The van der Waals surface area contributed by atoms with E-state index in [1.54, 1.807) is 77.0 Å². The quantitative estimate of drug-likeness (QED) is 0.623. The SMILES string of the molecule is [SiH3]C(C1CCCCC1)(C1CCCCC1)C1CCCCC1. The van der Waals surface area contributed by atoms with Crippen molar-refractivity contribution in [2.24, 2.45) is 17.8 Å². The minimum Gasteiger partial charge on any atom is -0.0533 e. The third kappa shape index (κ3) is 3.03. The molecule has 3 fully saturated rings. The maximum atomic E-state index is 1.59. The summed E-state index contributed by atoms with van der Waals surface area (Å²) in [6.07, 6.45) is 23.5. The average Bonchev–Trinajstić information content (AvgIpc) is 2.56. The maximum absolute atomic E-state index is 1.59. The minimum absolute atomic E-state index is 0.848. The lowest BCUT2D eigenvalue weighted by Crippen LogP contribution is -2.41. The first-order valence-electron chi connectivity index (χ1n) is 9.82. The van der Waals surface area contributed by atoms with Crippen molar-refractivity contribution >= 4 is 10.2 Å². The predicted molar refractivity (Wildman–Crippen MR) is 92.4 cm³/mol. The highest BCUT2D eigenvalue weighted by Gasteiger charge is 2.46. The number of rotatable bonds is 3. The van der Waals surface area contributed by atoms with Gasteiger partial charge >= 0.3 is 0 Å². The summed E-state index contributed by atoms with van der Waals surface area (Å²) in [5, 5.41) is 0.848. The molecule has 0 N–H and O–H groups in total. The maximum Gasteiger partial charge on any atom is 0.0117 e. The summed E-state index contributed by atoms with van der Waals surface area (Å²) < 4.78 is 0.